The van der Waals surface area contributed by atoms with Gasteiger partial charge in [0, 0.05) is 30.9 Å². The van der Waals surface area contributed by atoms with E-state index in [1.165, 1.54) is 11.1 Å². The van der Waals surface area contributed by atoms with Crippen LogP contribution in [-0.4, -0.2) is 31.9 Å². The van der Waals surface area contributed by atoms with Crippen LogP contribution in [-0.2, 0) is 19.4 Å². The van der Waals surface area contributed by atoms with Crippen LogP contribution in [0.1, 0.15) is 34.1 Å². The highest BCUT2D eigenvalue weighted by Gasteiger charge is 2.25. The SMILES string of the molecule is CCc1c(C(=O)N2CCc3ccccc3C2)cnc2cc(-c3ccccc3)nn12. The lowest BCUT2D eigenvalue weighted by atomic mass is 9.99. The summed E-state index contributed by atoms with van der Waals surface area (Å²) in [5.74, 6) is 0.0301. The molecule has 1 aliphatic heterocycles. The molecule has 3 heterocycles. The van der Waals surface area contributed by atoms with E-state index >= 15 is 0 Å². The molecular weight excluding hydrogens is 360 g/mol. The van der Waals surface area contributed by atoms with Gasteiger partial charge in [0.15, 0.2) is 5.65 Å². The zero-order chi connectivity index (χ0) is 19.8. The van der Waals surface area contributed by atoms with Crippen LogP contribution in [0.15, 0.2) is 66.9 Å². The van der Waals surface area contributed by atoms with Gasteiger partial charge in [-0.05, 0) is 24.0 Å². The Labute approximate surface area is 169 Å². The van der Waals surface area contributed by atoms with Crippen molar-refractivity contribution >= 4 is 11.6 Å². The second-order valence-corrected chi connectivity index (χ2v) is 7.38. The summed E-state index contributed by atoms with van der Waals surface area (Å²) in [6.45, 7) is 3.43. The van der Waals surface area contributed by atoms with Crippen LogP contribution in [0.25, 0.3) is 16.9 Å². The molecule has 5 nitrogen and oxygen atoms in total. The quantitative estimate of drug-likeness (QED) is 0.535. The molecule has 144 valence electrons. The predicted molar refractivity (Wildman–Crippen MR) is 113 cm³/mol. The van der Waals surface area contributed by atoms with Crippen LogP contribution in [0.5, 0.6) is 0 Å². The largest absolute Gasteiger partial charge is 0.334 e. The van der Waals surface area contributed by atoms with Gasteiger partial charge < -0.3 is 4.90 Å². The molecular formula is C24H22N4O. The number of hydrogen-bond acceptors (Lipinski definition) is 3. The Kier molecular flexibility index (Phi) is 4.35. The van der Waals surface area contributed by atoms with Gasteiger partial charge in [-0.25, -0.2) is 9.50 Å². The van der Waals surface area contributed by atoms with Crippen LogP contribution >= 0.6 is 0 Å². The maximum atomic E-state index is 13.4. The third-order valence-corrected chi connectivity index (χ3v) is 5.64. The minimum atomic E-state index is 0.0301. The summed E-state index contributed by atoms with van der Waals surface area (Å²) in [6.07, 6.45) is 3.31. The number of nitrogens with zero attached hydrogens (tertiary/aromatic N) is 4. The molecule has 5 heteroatoms. The average Bonchev–Trinajstić information content (AvgIpc) is 3.22. The first kappa shape index (κ1) is 17.6. The van der Waals surface area contributed by atoms with Crippen molar-refractivity contribution in [3.8, 4) is 11.3 Å². The zero-order valence-electron chi connectivity index (χ0n) is 16.4. The number of fused-ring (bicyclic) bond motifs is 2. The molecule has 29 heavy (non-hydrogen) atoms. The maximum absolute atomic E-state index is 13.4. The fourth-order valence-corrected chi connectivity index (χ4v) is 4.09. The number of benzene rings is 2. The third kappa shape index (κ3) is 3.09. The molecule has 0 bridgehead atoms. The maximum Gasteiger partial charge on any atom is 0.257 e. The van der Waals surface area contributed by atoms with Crippen molar-refractivity contribution in [2.24, 2.45) is 0 Å². The lowest BCUT2D eigenvalue weighted by Crippen LogP contribution is -2.36. The first-order chi connectivity index (χ1) is 14.2. The van der Waals surface area contributed by atoms with E-state index in [1.807, 2.05) is 51.9 Å². The number of hydrogen-bond donors (Lipinski definition) is 0. The molecule has 4 aromatic rings. The summed E-state index contributed by atoms with van der Waals surface area (Å²) < 4.78 is 1.83. The van der Waals surface area contributed by atoms with Gasteiger partial charge in [-0.1, -0.05) is 61.5 Å². The third-order valence-electron chi connectivity index (χ3n) is 5.64. The van der Waals surface area contributed by atoms with Crippen molar-refractivity contribution in [2.75, 3.05) is 6.54 Å². The van der Waals surface area contributed by atoms with Crippen molar-refractivity contribution in [1.29, 1.82) is 0 Å². The molecule has 1 aliphatic rings. The van der Waals surface area contributed by atoms with E-state index in [4.69, 9.17) is 5.10 Å². The van der Waals surface area contributed by atoms with Gasteiger partial charge in [-0.15, -0.1) is 0 Å². The van der Waals surface area contributed by atoms with Crippen LogP contribution in [0.3, 0.4) is 0 Å². The smallest absolute Gasteiger partial charge is 0.257 e. The van der Waals surface area contributed by atoms with Crippen molar-refractivity contribution in [2.45, 2.75) is 26.3 Å². The fraction of sp³-hybridized carbons (Fsp3) is 0.208. The van der Waals surface area contributed by atoms with Crippen molar-refractivity contribution in [1.82, 2.24) is 19.5 Å². The first-order valence-corrected chi connectivity index (χ1v) is 10.0. The monoisotopic (exact) mass is 382 g/mol. The van der Waals surface area contributed by atoms with Gasteiger partial charge in [-0.2, -0.15) is 5.10 Å². The van der Waals surface area contributed by atoms with Crippen LogP contribution in [0.2, 0.25) is 0 Å². The fourth-order valence-electron chi connectivity index (χ4n) is 4.09. The molecule has 0 N–H and O–H groups in total. The Morgan fingerprint density at radius 2 is 1.79 bits per heavy atom. The number of rotatable bonds is 3. The van der Waals surface area contributed by atoms with Crippen molar-refractivity contribution < 1.29 is 4.79 Å². The summed E-state index contributed by atoms with van der Waals surface area (Å²) >= 11 is 0. The number of carbonyl (C=O) groups excluding carboxylic acids is 1. The van der Waals surface area contributed by atoms with Crippen molar-refractivity contribution in [3.63, 3.8) is 0 Å². The topological polar surface area (TPSA) is 50.5 Å². The van der Waals surface area contributed by atoms with E-state index in [0.29, 0.717) is 18.5 Å². The van der Waals surface area contributed by atoms with E-state index in [1.54, 1.807) is 6.20 Å². The van der Waals surface area contributed by atoms with Gasteiger partial charge in [0.2, 0.25) is 0 Å². The summed E-state index contributed by atoms with van der Waals surface area (Å²) in [5.41, 5.74) is 6.78. The highest BCUT2D eigenvalue weighted by atomic mass is 16.2. The van der Waals surface area contributed by atoms with Gasteiger partial charge >= 0.3 is 0 Å². The van der Waals surface area contributed by atoms with E-state index in [0.717, 1.165) is 35.6 Å². The van der Waals surface area contributed by atoms with E-state index in [-0.39, 0.29) is 5.91 Å². The minimum Gasteiger partial charge on any atom is -0.334 e. The Bertz CT molecular complexity index is 1200. The summed E-state index contributed by atoms with van der Waals surface area (Å²) in [4.78, 5) is 19.8. The zero-order valence-corrected chi connectivity index (χ0v) is 16.4. The standard InChI is InChI=1S/C24H22N4O/c1-2-22-20(24(29)27-13-12-17-8-6-7-11-19(17)16-27)15-25-23-14-21(26-28(22)23)18-9-4-3-5-10-18/h3-11,14-15H,2,12-13,16H2,1H3. The molecule has 0 aliphatic carbocycles. The number of amides is 1. The second kappa shape index (κ2) is 7.17. The summed E-state index contributed by atoms with van der Waals surface area (Å²) in [7, 11) is 0. The number of aromatic nitrogens is 3. The lowest BCUT2D eigenvalue weighted by molar-refractivity contribution is 0.0732. The molecule has 0 unspecified atom stereocenters. The highest BCUT2D eigenvalue weighted by Crippen LogP contribution is 2.24. The van der Waals surface area contributed by atoms with Crippen LogP contribution in [0, 0.1) is 0 Å². The molecule has 5 rings (SSSR count). The summed E-state index contributed by atoms with van der Waals surface area (Å²) in [5, 5.41) is 4.76. The Morgan fingerprint density at radius 3 is 2.59 bits per heavy atom. The van der Waals surface area contributed by atoms with Gasteiger partial charge in [0.05, 0.1) is 17.0 Å². The Balaban J connectivity index is 1.52. The molecule has 0 saturated carbocycles. The van der Waals surface area contributed by atoms with E-state index in [2.05, 4.69) is 30.1 Å². The van der Waals surface area contributed by atoms with E-state index in [9.17, 15) is 4.79 Å². The molecule has 2 aromatic carbocycles. The second-order valence-electron chi connectivity index (χ2n) is 7.38. The highest BCUT2D eigenvalue weighted by molar-refractivity contribution is 5.95. The molecule has 1 amide bonds. The van der Waals surface area contributed by atoms with Gasteiger partial charge in [0.25, 0.3) is 5.91 Å². The lowest BCUT2D eigenvalue weighted by Gasteiger charge is -2.29. The predicted octanol–water partition coefficient (Wildman–Crippen LogP) is 4.16. The van der Waals surface area contributed by atoms with Crippen LogP contribution < -0.4 is 0 Å². The Hall–Kier alpha value is -3.47. The first-order valence-electron chi connectivity index (χ1n) is 10.0. The minimum absolute atomic E-state index is 0.0301. The normalized spacial score (nSPS) is 13.5. The van der Waals surface area contributed by atoms with Crippen molar-refractivity contribution in [3.05, 3.63) is 89.2 Å². The molecule has 0 radical (unpaired) electrons. The molecule has 0 spiro atoms. The van der Waals surface area contributed by atoms with Gasteiger partial charge in [-0.3, -0.25) is 4.79 Å². The molecule has 0 fully saturated rings. The Morgan fingerprint density at radius 1 is 1.03 bits per heavy atom. The van der Waals surface area contributed by atoms with Gasteiger partial charge in [0.1, 0.15) is 0 Å². The number of aryl methyl sites for hydroxylation is 1. The molecule has 2 aromatic heterocycles. The summed E-state index contributed by atoms with van der Waals surface area (Å²) in [6, 6.07) is 20.4. The van der Waals surface area contributed by atoms with E-state index < -0.39 is 0 Å². The average molecular weight is 382 g/mol. The molecule has 0 atom stereocenters. The molecule has 0 saturated heterocycles. The number of carbonyl (C=O) groups is 1. The van der Waals surface area contributed by atoms with Crippen LogP contribution in [0.4, 0.5) is 0 Å².